The van der Waals surface area contributed by atoms with Crippen LogP contribution in [0, 0.1) is 0 Å². The van der Waals surface area contributed by atoms with Crippen LogP contribution in [0.1, 0.15) is 24.5 Å². The minimum absolute atomic E-state index is 0.0719. The Balaban J connectivity index is 1.89. The van der Waals surface area contributed by atoms with E-state index in [4.69, 9.17) is 21.1 Å². The average Bonchev–Trinajstić information content (AvgIpc) is 2.69. The summed E-state index contributed by atoms with van der Waals surface area (Å²) in [5, 5.41) is 4.17. The third kappa shape index (κ3) is 4.54. The zero-order valence-electron chi connectivity index (χ0n) is 15.2. The standard InChI is InChI=1S/C22H26ClNO2/c1-2-3-15-25-21-16-24-14-13-22(21,19-9-11-20(23)12-10-19)26-17-18-7-5-4-6-8-18/h2-12,21,24H,13-17H2,1H3. The highest BCUT2D eigenvalue weighted by molar-refractivity contribution is 6.30. The second-order valence-electron chi connectivity index (χ2n) is 6.52. The number of nitrogens with one attached hydrogen (secondary N) is 1. The number of halogens is 1. The van der Waals surface area contributed by atoms with Crippen molar-refractivity contribution in [2.45, 2.75) is 31.7 Å². The van der Waals surface area contributed by atoms with E-state index >= 15 is 0 Å². The zero-order chi connectivity index (χ0) is 18.2. The highest BCUT2D eigenvalue weighted by atomic mass is 35.5. The van der Waals surface area contributed by atoms with Gasteiger partial charge in [-0.15, -0.1) is 0 Å². The molecule has 138 valence electrons. The Morgan fingerprint density at radius 3 is 2.65 bits per heavy atom. The molecule has 0 saturated carbocycles. The van der Waals surface area contributed by atoms with Crippen LogP contribution in [0.5, 0.6) is 0 Å². The van der Waals surface area contributed by atoms with Gasteiger partial charge < -0.3 is 14.8 Å². The molecule has 2 aromatic rings. The number of benzene rings is 2. The first-order valence-corrected chi connectivity index (χ1v) is 9.50. The minimum Gasteiger partial charge on any atom is -0.369 e. The fourth-order valence-electron chi connectivity index (χ4n) is 3.39. The molecule has 0 aromatic heterocycles. The van der Waals surface area contributed by atoms with Crippen molar-refractivity contribution >= 4 is 11.6 Å². The molecule has 1 aliphatic rings. The molecule has 1 saturated heterocycles. The Hall–Kier alpha value is -1.65. The Morgan fingerprint density at radius 1 is 1.15 bits per heavy atom. The van der Waals surface area contributed by atoms with Crippen LogP contribution in [-0.4, -0.2) is 25.8 Å². The Kier molecular flexibility index (Phi) is 6.86. The third-order valence-corrected chi connectivity index (χ3v) is 5.08. The van der Waals surface area contributed by atoms with E-state index in [9.17, 15) is 0 Å². The van der Waals surface area contributed by atoms with Crippen LogP contribution in [0.4, 0.5) is 0 Å². The van der Waals surface area contributed by atoms with Gasteiger partial charge in [-0.05, 0) is 43.1 Å². The molecule has 2 aromatic carbocycles. The van der Waals surface area contributed by atoms with Gasteiger partial charge in [-0.1, -0.05) is 66.2 Å². The lowest BCUT2D eigenvalue weighted by atomic mass is 9.82. The van der Waals surface area contributed by atoms with E-state index in [-0.39, 0.29) is 6.10 Å². The maximum atomic E-state index is 6.59. The number of piperidine rings is 1. The van der Waals surface area contributed by atoms with Crippen molar-refractivity contribution in [2.75, 3.05) is 19.7 Å². The monoisotopic (exact) mass is 371 g/mol. The van der Waals surface area contributed by atoms with Crippen molar-refractivity contribution in [1.82, 2.24) is 5.32 Å². The summed E-state index contributed by atoms with van der Waals surface area (Å²) in [5.41, 5.74) is 1.78. The lowest BCUT2D eigenvalue weighted by Crippen LogP contribution is -2.54. The lowest BCUT2D eigenvalue weighted by Gasteiger charge is -2.44. The van der Waals surface area contributed by atoms with E-state index in [0.717, 1.165) is 35.7 Å². The molecule has 3 nitrogen and oxygen atoms in total. The van der Waals surface area contributed by atoms with Crippen molar-refractivity contribution in [3.05, 3.63) is 82.9 Å². The summed E-state index contributed by atoms with van der Waals surface area (Å²) in [6.07, 6.45) is 4.81. The first-order chi connectivity index (χ1) is 12.7. The number of ether oxygens (including phenoxy) is 2. The molecule has 3 rings (SSSR count). The molecule has 1 heterocycles. The van der Waals surface area contributed by atoms with Gasteiger partial charge in [0.05, 0.1) is 13.2 Å². The number of allylic oxidation sites excluding steroid dienone is 1. The van der Waals surface area contributed by atoms with Crippen LogP contribution in [0.15, 0.2) is 66.7 Å². The molecular formula is C22H26ClNO2. The van der Waals surface area contributed by atoms with Crippen LogP contribution in [-0.2, 0) is 21.7 Å². The topological polar surface area (TPSA) is 30.5 Å². The van der Waals surface area contributed by atoms with Crippen LogP contribution < -0.4 is 5.32 Å². The Morgan fingerprint density at radius 2 is 1.92 bits per heavy atom. The van der Waals surface area contributed by atoms with Gasteiger partial charge in [0.25, 0.3) is 0 Å². The molecule has 1 fully saturated rings. The fourth-order valence-corrected chi connectivity index (χ4v) is 3.52. The van der Waals surface area contributed by atoms with Gasteiger partial charge in [-0.3, -0.25) is 0 Å². The Labute approximate surface area is 161 Å². The average molecular weight is 372 g/mol. The minimum atomic E-state index is -0.493. The number of hydrogen-bond donors (Lipinski definition) is 1. The summed E-state index contributed by atoms with van der Waals surface area (Å²) >= 11 is 6.11. The predicted molar refractivity (Wildman–Crippen MR) is 106 cm³/mol. The van der Waals surface area contributed by atoms with Crippen molar-refractivity contribution in [2.24, 2.45) is 0 Å². The summed E-state index contributed by atoms with van der Waals surface area (Å²) in [7, 11) is 0. The van der Waals surface area contributed by atoms with Crippen LogP contribution in [0.2, 0.25) is 5.02 Å². The van der Waals surface area contributed by atoms with E-state index < -0.39 is 5.60 Å². The SMILES string of the molecule is CC=CCOC1CNCCC1(OCc1ccccc1)c1ccc(Cl)cc1. The van der Waals surface area contributed by atoms with Crippen molar-refractivity contribution in [3.8, 4) is 0 Å². The molecular weight excluding hydrogens is 346 g/mol. The maximum absolute atomic E-state index is 6.59. The van der Waals surface area contributed by atoms with E-state index in [1.165, 1.54) is 0 Å². The summed E-state index contributed by atoms with van der Waals surface area (Å²) in [6.45, 7) is 4.77. The van der Waals surface area contributed by atoms with Crippen LogP contribution >= 0.6 is 11.6 Å². The van der Waals surface area contributed by atoms with Crippen molar-refractivity contribution in [3.63, 3.8) is 0 Å². The van der Waals surface area contributed by atoms with E-state index in [1.54, 1.807) is 0 Å². The molecule has 2 unspecified atom stereocenters. The van der Waals surface area contributed by atoms with E-state index in [0.29, 0.717) is 13.2 Å². The summed E-state index contributed by atoms with van der Waals surface area (Å²) in [6, 6.07) is 18.2. The molecule has 0 aliphatic carbocycles. The number of hydrogen-bond acceptors (Lipinski definition) is 3. The summed E-state index contributed by atoms with van der Waals surface area (Å²) < 4.78 is 12.8. The first-order valence-electron chi connectivity index (χ1n) is 9.12. The van der Waals surface area contributed by atoms with Crippen molar-refractivity contribution < 1.29 is 9.47 Å². The van der Waals surface area contributed by atoms with Gasteiger partial charge in [-0.2, -0.15) is 0 Å². The lowest BCUT2D eigenvalue weighted by molar-refractivity contribution is -0.168. The molecule has 4 heteroatoms. The van der Waals surface area contributed by atoms with Gasteiger partial charge in [0.15, 0.2) is 0 Å². The second-order valence-corrected chi connectivity index (χ2v) is 6.95. The van der Waals surface area contributed by atoms with Crippen LogP contribution in [0.3, 0.4) is 0 Å². The molecule has 26 heavy (non-hydrogen) atoms. The van der Waals surface area contributed by atoms with Crippen LogP contribution in [0.25, 0.3) is 0 Å². The fraction of sp³-hybridized carbons (Fsp3) is 0.364. The van der Waals surface area contributed by atoms with E-state index in [2.05, 4.69) is 29.6 Å². The highest BCUT2D eigenvalue weighted by Crippen LogP contribution is 2.38. The molecule has 0 radical (unpaired) electrons. The van der Waals surface area contributed by atoms with Gasteiger partial charge >= 0.3 is 0 Å². The molecule has 1 N–H and O–H groups in total. The highest BCUT2D eigenvalue weighted by Gasteiger charge is 2.44. The summed E-state index contributed by atoms with van der Waals surface area (Å²) in [5.74, 6) is 0. The largest absolute Gasteiger partial charge is 0.369 e. The molecule has 0 spiro atoms. The smallest absolute Gasteiger partial charge is 0.122 e. The zero-order valence-corrected chi connectivity index (χ0v) is 15.9. The third-order valence-electron chi connectivity index (χ3n) is 4.82. The molecule has 1 aliphatic heterocycles. The molecule has 2 atom stereocenters. The van der Waals surface area contributed by atoms with Gasteiger partial charge in [0, 0.05) is 11.6 Å². The molecule has 0 amide bonds. The predicted octanol–water partition coefficient (Wildman–Crippen LogP) is 4.71. The van der Waals surface area contributed by atoms with E-state index in [1.807, 2.05) is 49.4 Å². The van der Waals surface area contributed by atoms with Crippen molar-refractivity contribution in [1.29, 1.82) is 0 Å². The first kappa shape index (κ1) is 19.1. The maximum Gasteiger partial charge on any atom is 0.122 e. The normalized spacial score (nSPS) is 23.4. The Bertz CT molecular complexity index is 702. The quantitative estimate of drug-likeness (QED) is 0.715. The summed E-state index contributed by atoms with van der Waals surface area (Å²) in [4.78, 5) is 0. The number of rotatable bonds is 7. The van der Waals surface area contributed by atoms with Gasteiger partial charge in [-0.25, -0.2) is 0 Å². The van der Waals surface area contributed by atoms with Gasteiger partial charge in [0.2, 0.25) is 0 Å². The second kappa shape index (κ2) is 9.33. The van der Waals surface area contributed by atoms with Gasteiger partial charge in [0.1, 0.15) is 11.7 Å². The molecule has 0 bridgehead atoms.